The first-order valence-electron chi connectivity index (χ1n) is 6.29. The zero-order valence-corrected chi connectivity index (χ0v) is 10.1. The zero-order valence-electron chi connectivity index (χ0n) is 10.1. The fourth-order valence-electron chi connectivity index (χ4n) is 1.96. The molecule has 1 heterocycles. The summed E-state index contributed by atoms with van der Waals surface area (Å²) >= 11 is 0. The van der Waals surface area contributed by atoms with E-state index in [1.165, 1.54) is 25.0 Å². The van der Waals surface area contributed by atoms with Gasteiger partial charge in [-0.3, -0.25) is 0 Å². The Balaban J connectivity index is 1.67. The maximum atomic E-state index is 12.8. The van der Waals surface area contributed by atoms with Crippen LogP contribution < -0.4 is 5.32 Å². The van der Waals surface area contributed by atoms with Gasteiger partial charge in [-0.25, -0.2) is 9.37 Å². The minimum absolute atomic E-state index is 0.194. The number of imidazole rings is 1. The molecule has 2 aromatic rings. The van der Waals surface area contributed by atoms with Crippen LogP contribution in [0.2, 0.25) is 0 Å². The molecule has 1 fully saturated rings. The van der Waals surface area contributed by atoms with E-state index in [0.717, 1.165) is 24.5 Å². The number of nitrogens with zero attached hydrogens (tertiary/aromatic N) is 2. The van der Waals surface area contributed by atoms with Crippen LogP contribution in [0.5, 0.6) is 0 Å². The Kier molecular flexibility index (Phi) is 3.11. The zero-order chi connectivity index (χ0) is 12.4. The van der Waals surface area contributed by atoms with Crippen molar-refractivity contribution in [3.8, 4) is 0 Å². The topological polar surface area (TPSA) is 29.9 Å². The van der Waals surface area contributed by atoms with Crippen LogP contribution in [0.15, 0.2) is 36.7 Å². The Labute approximate surface area is 106 Å². The van der Waals surface area contributed by atoms with Crippen LogP contribution in [0.25, 0.3) is 0 Å². The lowest BCUT2D eigenvalue weighted by Gasteiger charge is -2.08. The second kappa shape index (κ2) is 4.90. The molecule has 4 heteroatoms. The van der Waals surface area contributed by atoms with Crippen molar-refractivity contribution in [1.29, 1.82) is 0 Å². The third-order valence-corrected chi connectivity index (χ3v) is 3.19. The number of hydrogen-bond acceptors (Lipinski definition) is 2. The summed E-state index contributed by atoms with van der Waals surface area (Å²) in [5, 5.41) is 3.45. The predicted octanol–water partition coefficient (Wildman–Crippen LogP) is 2.32. The molecule has 0 atom stereocenters. The number of benzene rings is 1. The van der Waals surface area contributed by atoms with Crippen LogP contribution in [0.3, 0.4) is 0 Å². The molecule has 0 unspecified atom stereocenters. The Morgan fingerprint density at radius 2 is 2.06 bits per heavy atom. The van der Waals surface area contributed by atoms with E-state index in [1.54, 1.807) is 0 Å². The lowest BCUT2D eigenvalue weighted by molar-refractivity contribution is 0.614. The van der Waals surface area contributed by atoms with Crippen molar-refractivity contribution in [2.24, 2.45) is 0 Å². The molecule has 1 aromatic heterocycles. The van der Waals surface area contributed by atoms with Gasteiger partial charge in [0.05, 0.1) is 6.54 Å². The summed E-state index contributed by atoms with van der Waals surface area (Å²) in [6.45, 7) is 1.54. The van der Waals surface area contributed by atoms with Gasteiger partial charge in [-0.2, -0.15) is 0 Å². The number of halogens is 1. The van der Waals surface area contributed by atoms with Crippen molar-refractivity contribution in [2.75, 3.05) is 0 Å². The molecule has 0 bridgehead atoms. The minimum atomic E-state index is -0.194. The molecule has 3 nitrogen and oxygen atoms in total. The summed E-state index contributed by atoms with van der Waals surface area (Å²) in [5.74, 6) is 0.839. The summed E-state index contributed by atoms with van der Waals surface area (Å²) in [6, 6.07) is 7.30. The second-order valence-electron chi connectivity index (χ2n) is 4.75. The molecular weight excluding hydrogens is 229 g/mol. The summed E-state index contributed by atoms with van der Waals surface area (Å²) in [5.41, 5.74) is 1.09. The van der Waals surface area contributed by atoms with Gasteiger partial charge in [-0.1, -0.05) is 12.1 Å². The number of rotatable bonds is 5. The smallest absolute Gasteiger partial charge is 0.123 e. The van der Waals surface area contributed by atoms with Crippen molar-refractivity contribution in [3.05, 3.63) is 53.9 Å². The van der Waals surface area contributed by atoms with Gasteiger partial charge in [0.25, 0.3) is 0 Å². The maximum Gasteiger partial charge on any atom is 0.123 e. The van der Waals surface area contributed by atoms with E-state index in [0.29, 0.717) is 6.04 Å². The van der Waals surface area contributed by atoms with Gasteiger partial charge < -0.3 is 9.88 Å². The predicted molar refractivity (Wildman–Crippen MR) is 67.6 cm³/mol. The molecule has 0 aliphatic heterocycles. The van der Waals surface area contributed by atoms with Crippen LogP contribution in [-0.2, 0) is 13.1 Å². The summed E-state index contributed by atoms with van der Waals surface area (Å²) in [6.07, 6.45) is 6.33. The summed E-state index contributed by atoms with van der Waals surface area (Å²) < 4.78 is 14.9. The molecule has 0 amide bonds. The fraction of sp³-hybridized carbons (Fsp3) is 0.357. The maximum absolute atomic E-state index is 12.8. The minimum Gasteiger partial charge on any atom is -0.329 e. The first kappa shape index (κ1) is 11.4. The second-order valence-corrected chi connectivity index (χ2v) is 4.75. The van der Waals surface area contributed by atoms with E-state index in [-0.39, 0.29) is 5.82 Å². The summed E-state index contributed by atoms with van der Waals surface area (Å²) in [4.78, 5) is 4.36. The SMILES string of the molecule is Fc1ccc(Cn2ccnc2CNC2CC2)cc1. The van der Waals surface area contributed by atoms with E-state index in [1.807, 2.05) is 24.5 Å². The van der Waals surface area contributed by atoms with Gasteiger partial charge in [0.15, 0.2) is 0 Å². The van der Waals surface area contributed by atoms with Crippen LogP contribution in [-0.4, -0.2) is 15.6 Å². The highest BCUT2D eigenvalue weighted by molar-refractivity contribution is 5.17. The van der Waals surface area contributed by atoms with E-state index in [4.69, 9.17) is 0 Å². The van der Waals surface area contributed by atoms with Gasteiger partial charge in [0, 0.05) is 25.0 Å². The van der Waals surface area contributed by atoms with E-state index in [2.05, 4.69) is 14.9 Å². The number of nitrogens with one attached hydrogen (secondary N) is 1. The third-order valence-electron chi connectivity index (χ3n) is 3.19. The van der Waals surface area contributed by atoms with E-state index in [9.17, 15) is 4.39 Å². The highest BCUT2D eigenvalue weighted by Crippen LogP contribution is 2.19. The average Bonchev–Trinajstić information content (AvgIpc) is 3.11. The van der Waals surface area contributed by atoms with Crippen LogP contribution >= 0.6 is 0 Å². The first-order valence-corrected chi connectivity index (χ1v) is 6.29. The normalized spacial score (nSPS) is 14.9. The average molecular weight is 245 g/mol. The molecule has 1 saturated carbocycles. The molecule has 0 saturated heterocycles. The summed E-state index contributed by atoms with van der Waals surface area (Å²) in [7, 11) is 0. The first-order chi connectivity index (χ1) is 8.81. The standard InChI is InChI=1S/C14H16FN3/c15-12-3-1-11(2-4-12)10-18-8-7-16-14(18)9-17-13-5-6-13/h1-4,7-8,13,17H,5-6,9-10H2. The van der Waals surface area contributed by atoms with Crippen molar-refractivity contribution in [1.82, 2.24) is 14.9 Å². The van der Waals surface area contributed by atoms with Crippen LogP contribution in [0, 0.1) is 5.82 Å². The van der Waals surface area contributed by atoms with Gasteiger partial charge in [0.2, 0.25) is 0 Å². The third kappa shape index (κ3) is 2.76. The molecule has 1 aliphatic rings. The molecule has 1 aliphatic carbocycles. The largest absolute Gasteiger partial charge is 0.329 e. The van der Waals surface area contributed by atoms with Gasteiger partial charge in [-0.05, 0) is 30.5 Å². The molecule has 18 heavy (non-hydrogen) atoms. The van der Waals surface area contributed by atoms with Gasteiger partial charge >= 0.3 is 0 Å². The molecular formula is C14H16FN3. The Morgan fingerprint density at radius 1 is 1.28 bits per heavy atom. The fourth-order valence-corrected chi connectivity index (χ4v) is 1.96. The van der Waals surface area contributed by atoms with Gasteiger partial charge in [-0.15, -0.1) is 0 Å². The lowest BCUT2D eigenvalue weighted by Crippen LogP contribution is -2.19. The molecule has 3 rings (SSSR count). The van der Waals surface area contributed by atoms with Crippen molar-refractivity contribution in [2.45, 2.75) is 32.0 Å². The molecule has 1 aromatic carbocycles. The molecule has 1 N–H and O–H groups in total. The Morgan fingerprint density at radius 3 is 2.78 bits per heavy atom. The quantitative estimate of drug-likeness (QED) is 0.876. The van der Waals surface area contributed by atoms with Gasteiger partial charge in [0.1, 0.15) is 11.6 Å². The van der Waals surface area contributed by atoms with Crippen molar-refractivity contribution >= 4 is 0 Å². The monoisotopic (exact) mass is 245 g/mol. The Hall–Kier alpha value is -1.68. The van der Waals surface area contributed by atoms with Crippen LogP contribution in [0.1, 0.15) is 24.2 Å². The Bertz CT molecular complexity index is 514. The molecule has 0 spiro atoms. The molecule has 0 radical (unpaired) electrons. The van der Waals surface area contributed by atoms with Crippen LogP contribution in [0.4, 0.5) is 4.39 Å². The van der Waals surface area contributed by atoms with Crippen molar-refractivity contribution in [3.63, 3.8) is 0 Å². The highest BCUT2D eigenvalue weighted by Gasteiger charge is 2.20. The highest BCUT2D eigenvalue weighted by atomic mass is 19.1. The number of aromatic nitrogens is 2. The van der Waals surface area contributed by atoms with E-state index >= 15 is 0 Å². The number of hydrogen-bond donors (Lipinski definition) is 1. The lowest BCUT2D eigenvalue weighted by atomic mass is 10.2. The van der Waals surface area contributed by atoms with E-state index < -0.39 is 0 Å². The van der Waals surface area contributed by atoms with Crippen molar-refractivity contribution < 1.29 is 4.39 Å². The molecule has 94 valence electrons.